The van der Waals surface area contributed by atoms with E-state index in [-0.39, 0.29) is 11.8 Å². The summed E-state index contributed by atoms with van der Waals surface area (Å²) in [5.74, 6) is 0.711. The quantitative estimate of drug-likeness (QED) is 0.846. The maximum absolute atomic E-state index is 12.2. The summed E-state index contributed by atoms with van der Waals surface area (Å²) in [7, 11) is 0. The van der Waals surface area contributed by atoms with E-state index in [0.29, 0.717) is 18.9 Å². The zero-order valence-electron chi connectivity index (χ0n) is 10.9. The van der Waals surface area contributed by atoms with E-state index in [1.54, 1.807) is 12.1 Å². The zero-order chi connectivity index (χ0) is 14.4. The molecule has 1 aromatic heterocycles. The van der Waals surface area contributed by atoms with Gasteiger partial charge in [0.1, 0.15) is 5.75 Å². The number of aromatic nitrogens is 2. The van der Waals surface area contributed by atoms with Crippen LogP contribution in [0, 0.1) is 0 Å². The van der Waals surface area contributed by atoms with E-state index in [9.17, 15) is 8.78 Å². The minimum absolute atomic E-state index is 0.000793. The molecule has 1 N–H and O–H groups in total. The lowest BCUT2D eigenvalue weighted by atomic mass is 10.1. The molecule has 1 atom stereocenters. The number of nitrogens with one attached hydrogen (secondary N) is 1. The summed E-state index contributed by atoms with van der Waals surface area (Å²) in [4.78, 5) is 3.91. The minimum atomic E-state index is -2.81. The van der Waals surface area contributed by atoms with Crippen molar-refractivity contribution < 1.29 is 18.0 Å². The largest absolute Gasteiger partial charge is 0.435 e. The Hall–Kier alpha value is -2.02. The van der Waals surface area contributed by atoms with Gasteiger partial charge in [0.2, 0.25) is 5.89 Å². The van der Waals surface area contributed by atoms with Gasteiger partial charge < -0.3 is 14.6 Å². The summed E-state index contributed by atoms with van der Waals surface area (Å²) in [6.45, 7) is -0.232. The second-order valence-electron chi connectivity index (χ2n) is 4.21. The monoisotopic (exact) mass is 283 g/mol. The molecule has 0 saturated heterocycles. The van der Waals surface area contributed by atoms with Crippen LogP contribution in [0.1, 0.15) is 24.4 Å². The fraction of sp³-hybridized carbons (Fsp3) is 0.385. The van der Waals surface area contributed by atoms with Gasteiger partial charge >= 0.3 is 6.61 Å². The van der Waals surface area contributed by atoms with Crippen LogP contribution in [0.25, 0.3) is 0 Å². The van der Waals surface area contributed by atoms with Crippen LogP contribution in [-0.2, 0) is 6.42 Å². The molecular weight excluding hydrogens is 268 g/mol. The van der Waals surface area contributed by atoms with Crippen molar-refractivity contribution in [2.24, 2.45) is 0 Å². The maximum Gasteiger partial charge on any atom is 0.387 e. The average molecular weight is 283 g/mol. The van der Waals surface area contributed by atoms with Gasteiger partial charge in [0.05, 0.1) is 0 Å². The summed E-state index contributed by atoms with van der Waals surface area (Å²) in [6.07, 6.45) is 1.96. The predicted octanol–water partition coefficient (Wildman–Crippen LogP) is 2.56. The van der Waals surface area contributed by atoms with Gasteiger partial charge in [0.15, 0.2) is 6.33 Å². The standard InChI is InChI=1S/C13H15F2N3O2/c1-9(16-6-5-12-17-8-18-20-12)10-3-2-4-11(7-10)19-13(14)15/h2-4,7-9,13,16H,5-6H2,1H3. The molecule has 108 valence electrons. The molecule has 0 radical (unpaired) electrons. The number of hydrogen-bond acceptors (Lipinski definition) is 5. The van der Waals surface area contributed by atoms with E-state index in [1.807, 2.05) is 13.0 Å². The Bertz CT molecular complexity index is 520. The summed E-state index contributed by atoms with van der Waals surface area (Å²) in [6, 6.07) is 6.63. The molecule has 0 aliphatic heterocycles. The van der Waals surface area contributed by atoms with Crippen LogP contribution in [0.4, 0.5) is 8.78 Å². The van der Waals surface area contributed by atoms with Crippen molar-refractivity contribution >= 4 is 0 Å². The molecule has 1 heterocycles. The molecule has 2 rings (SSSR count). The molecular formula is C13H15F2N3O2. The third kappa shape index (κ3) is 4.27. The molecule has 0 spiro atoms. The van der Waals surface area contributed by atoms with Gasteiger partial charge in [0.25, 0.3) is 0 Å². The zero-order valence-corrected chi connectivity index (χ0v) is 10.9. The number of hydrogen-bond donors (Lipinski definition) is 1. The Morgan fingerprint density at radius 2 is 2.25 bits per heavy atom. The first kappa shape index (κ1) is 14.4. The van der Waals surface area contributed by atoms with Crippen molar-refractivity contribution in [2.45, 2.75) is 26.0 Å². The molecule has 0 bridgehead atoms. The van der Waals surface area contributed by atoms with Crippen molar-refractivity contribution in [1.29, 1.82) is 0 Å². The van der Waals surface area contributed by atoms with E-state index in [0.717, 1.165) is 5.56 Å². The Morgan fingerprint density at radius 3 is 2.95 bits per heavy atom. The highest BCUT2D eigenvalue weighted by Crippen LogP contribution is 2.20. The highest BCUT2D eigenvalue weighted by molar-refractivity contribution is 5.30. The molecule has 0 amide bonds. The number of rotatable bonds is 7. The third-order valence-corrected chi connectivity index (χ3v) is 2.78. The van der Waals surface area contributed by atoms with E-state index < -0.39 is 6.61 Å². The van der Waals surface area contributed by atoms with Crippen molar-refractivity contribution in [3.63, 3.8) is 0 Å². The number of alkyl halides is 2. The lowest BCUT2D eigenvalue weighted by Gasteiger charge is -2.14. The van der Waals surface area contributed by atoms with E-state index in [1.165, 1.54) is 12.4 Å². The Kier molecular flexibility index (Phi) is 5.00. The van der Waals surface area contributed by atoms with Gasteiger partial charge in [-0.2, -0.15) is 13.8 Å². The van der Waals surface area contributed by atoms with Gasteiger partial charge in [0, 0.05) is 19.0 Å². The molecule has 5 nitrogen and oxygen atoms in total. The van der Waals surface area contributed by atoms with Crippen molar-refractivity contribution in [2.75, 3.05) is 6.54 Å². The van der Waals surface area contributed by atoms with E-state index >= 15 is 0 Å². The SMILES string of the molecule is CC(NCCc1ncno1)c1cccc(OC(F)F)c1. The number of benzene rings is 1. The number of halogens is 2. The van der Waals surface area contributed by atoms with Gasteiger partial charge in [-0.25, -0.2) is 0 Å². The highest BCUT2D eigenvalue weighted by atomic mass is 19.3. The fourth-order valence-electron chi connectivity index (χ4n) is 1.78. The molecule has 0 aliphatic rings. The van der Waals surface area contributed by atoms with Crippen LogP contribution >= 0.6 is 0 Å². The molecule has 1 unspecified atom stereocenters. The number of nitrogens with zero attached hydrogens (tertiary/aromatic N) is 2. The van der Waals surface area contributed by atoms with Crippen LogP contribution in [-0.4, -0.2) is 23.3 Å². The first-order valence-corrected chi connectivity index (χ1v) is 6.19. The highest BCUT2D eigenvalue weighted by Gasteiger charge is 2.09. The van der Waals surface area contributed by atoms with Crippen LogP contribution < -0.4 is 10.1 Å². The fourth-order valence-corrected chi connectivity index (χ4v) is 1.78. The van der Waals surface area contributed by atoms with Gasteiger partial charge in [-0.15, -0.1) is 0 Å². The van der Waals surface area contributed by atoms with Gasteiger partial charge in [-0.1, -0.05) is 17.3 Å². The molecule has 0 saturated carbocycles. The molecule has 7 heteroatoms. The molecule has 1 aromatic carbocycles. The smallest absolute Gasteiger partial charge is 0.387 e. The van der Waals surface area contributed by atoms with Crippen LogP contribution in [0.2, 0.25) is 0 Å². The third-order valence-electron chi connectivity index (χ3n) is 2.78. The first-order chi connectivity index (χ1) is 9.65. The first-order valence-electron chi connectivity index (χ1n) is 6.19. The van der Waals surface area contributed by atoms with Crippen LogP contribution in [0.3, 0.4) is 0 Å². The van der Waals surface area contributed by atoms with Gasteiger partial charge in [-0.3, -0.25) is 0 Å². The Balaban J connectivity index is 1.86. The van der Waals surface area contributed by atoms with E-state index in [4.69, 9.17) is 4.52 Å². The van der Waals surface area contributed by atoms with Crippen LogP contribution in [0.15, 0.2) is 35.1 Å². The second kappa shape index (κ2) is 6.95. The lowest BCUT2D eigenvalue weighted by molar-refractivity contribution is -0.0499. The minimum Gasteiger partial charge on any atom is -0.435 e. The summed E-state index contributed by atoms with van der Waals surface area (Å²) < 4.78 is 33.6. The summed E-state index contributed by atoms with van der Waals surface area (Å²) in [5, 5.41) is 6.76. The maximum atomic E-state index is 12.2. The summed E-state index contributed by atoms with van der Waals surface area (Å²) in [5.41, 5.74) is 0.869. The second-order valence-corrected chi connectivity index (χ2v) is 4.21. The van der Waals surface area contributed by atoms with Gasteiger partial charge in [-0.05, 0) is 24.6 Å². The normalized spacial score (nSPS) is 12.6. The molecule has 20 heavy (non-hydrogen) atoms. The van der Waals surface area contributed by atoms with Crippen molar-refractivity contribution in [3.8, 4) is 5.75 Å². The Labute approximate surface area is 114 Å². The Morgan fingerprint density at radius 1 is 1.40 bits per heavy atom. The molecule has 2 aromatic rings. The average Bonchev–Trinajstić information content (AvgIpc) is 2.91. The van der Waals surface area contributed by atoms with E-state index in [2.05, 4.69) is 20.2 Å². The molecule has 0 fully saturated rings. The summed E-state index contributed by atoms with van der Waals surface area (Å²) >= 11 is 0. The van der Waals surface area contributed by atoms with Crippen LogP contribution in [0.5, 0.6) is 5.75 Å². The predicted molar refractivity (Wildman–Crippen MR) is 67.5 cm³/mol. The van der Waals surface area contributed by atoms with Crippen molar-refractivity contribution in [1.82, 2.24) is 15.5 Å². The topological polar surface area (TPSA) is 60.2 Å². The number of ether oxygens (including phenoxy) is 1. The lowest BCUT2D eigenvalue weighted by Crippen LogP contribution is -2.21. The van der Waals surface area contributed by atoms with Crippen molar-refractivity contribution in [3.05, 3.63) is 42.0 Å². The molecule has 0 aliphatic carbocycles.